The third-order valence-electron chi connectivity index (χ3n) is 4.62. The predicted octanol–water partition coefficient (Wildman–Crippen LogP) is -0.333. The van der Waals surface area contributed by atoms with Gasteiger partial charge in [0.1, 0.15) is 5.82 Å². The highest BCUT2D eigenvalue weighted by Crippen LogP contribution is 2.17. The molecule has 0 aliphatic carbocycles. The van der Waals surface area contributed by atoms with Crippen molar-refractivity contribution in [3.8, 4) is 0 Å². The van der Waals surface area contributed by atoms with Crippen molar-refractivity contribution in [1.29, 1.82) is 0 Å². The van der Waals surface area contributed by atoms with Gasteiger partial charge in [0.15, 0.2) is 9.84 Å². The first-order valence-corrected chi connectivity index (χ1v) is 10.1. The average molecular weight is 366 g/mol. The Labute approximate surface area is 147 Å². The van der Waals surface area contributed by atoms with Crippen LogP contribution in [0.3, 0.4) is 0 Å². The lowest BCUT2D eigenvalue weighted by Gasteiger charge is -2.35. The maximum atomic E-state index is 12.4. The Morgan fingerprint density at radius 2 is 1.96 bits per heavy atom. The molecule has 0 aromatic carbocycles. The van der Waals surface area contributed by atoms with E-state index in [1.165, 1.54) is 0 Å². The molecule has 8 nitrogen and oxygen atoms in total. The van der Waals surface area contributed by atoms with E-state index in [0.29, 0.717) is 44.0 Å². The monoisotopic (exact) mass is 366 g/mol. The van der Waals surface area contributed by atoms with E-state index in [2.05, 4.69) is 10.3 Å². The Morgan fingerprint density at radius 3 is 2.56 bits per heavy atom. The van der Waals surface area contributed by atoms with Gasteiger partial charge in [0.2, 0.25) is 5.91 Å². The van der Waals surface area contributed by atoms with Crippen LogP contribution in [-0.4, -0.2) is 73.8 Å². The number of anilines is 1. The smallest absolute Gasteiger partial charge is 0.251 e. The van der Waals surface area contributed by atoms with E-state index >= 15 is 0 Å². The number of carbonyl (C=O) groups is 2. The van der Waals surface area contributed by atoms with E-state index in [1.54, 1.807) is 30.2 Å². The van der Waals surface area contributed by atoms with Crippen molar-refractivity contribution < 1.29 is 18.0 Å². The van der Waals surface area contributed by atoms with Crippen LogP contribution in [-0.2, 0) is 14.6 Å². The number of sulfone groups is 1. The van der Waals surface area contributed by atoms with Gasteiger partial charge in [0, 0.05) is 50.9 Å². The van der Waals surface area contributed by atoms with Crippen LogP contribution in [0.5, 0.6) is 0 Å². The maximum Gasteiger partial charge on any atom is 0.251 e. The molecule has 2 amide bonds. The van der Waals surface area contributed by atoms with Gasteiger partial charge in [-0.2, -0.15) is 0 Å². The summed E-state index contributed by atoms with van der Waals surface area (Å²) in [6.07, 6.45) is 2.03. The number of nitrogens with zero attached hydrogens (tertiary/aromatic N) is 3. The molecular weight excluding hydrogens is 344 g/mol. The molecule has 1 atom stereocenters. The first-order chi connectivity index (χ1) is 11.8. The summed E-state index contributed by atoms with van der Waals surface area (Å²) in [4.78, 5) is 31.9. The minimum Gasteiger partial charge on any atom is -0.353 e. The van der Waals surface area contributed by atoms with Gasteiger partial charge >= 0.3 is 0 Å². The quantitative estimate of drug-likeness (QED) is 0.786. The summed E-state index contributed by atoms with van der Waals surface area (Å²) >= 11 is 0. The molecule has 0 bridgehead atoms. The first-order valence-electron chi connectivity index (χ1n) is 8.32. The van der Waals surface area contributed by atoms with Crippen molar-refractivity contribution in [2.24, 2.45) is 0 Å². The van der Waals surface area contributed by atoms with E-state index in [4.69, 9.17) is 0 Å². The Bertz CT molecular complexity index is 772. The maximum absolute atomic E-state index is 12.4. The number of amides is 2. The molecule has 3 rings (SSSR count). The van der Waals surface area contributed by atoms with Crippen LogP contribution in [0.15, 0.2) is 18.3 Å². The highest BCUT2D eigenvalue weighted by Gasteiger charge is 2.29. The summed E-state index contributed by atoms with van der Waals surface area (Å²) in [6, 6.07) is 3.00. The largest absolute Gasteiger partial charge is 0.353 e. The summed E-state index contributed by atoms with van der Waals surface area (Å²) in [6.45, 7) is 4.15. The van der Waals surface area contributed by atoms with Gasteiger partial charge in [-0.15, -0.1) is 0 Å². The molecule has 3 heterocycles. The van der Waals surface area contributed by atoms with Crippen molar-refractivity contribution in [2.75, 3.05) is 42.6 Å². The third kappa shape index (κ3) is 4.28. The number of aromatic nitrogens is 1. The molecule has 2 aliphatic rings. The van der Waals surface area contributed by atoms with Crippen molar-refractivity contribution >= 4 is 27.5 Å². The summed E-state index contributed by atoms with van der Waals surface area (Å²) < 4.78 is 23.0. The highest BCUT2D eigenvalue weighted by molar-refractivity contribution is 7.91. The molecule has 1 N–H and O–H groups in total. The second-order valence-corrected chi connectivity index (χ2v) is 8.70. The number of rotatable bonds is 3. The number of carbonyl (C=O) groups excluding carboxylic acids is 2. The fraction of sp³-hybridized carbons (Fsp3) is 0.562. The van der Waals surface area contributed by atoms with Crippen LogP contribution in [0.4, 0.5) is 5.82 Å². The number of nitrogens with one attached hydrogen (secondary N) is 1. The number of pyridine rings is 1. The lowest BCUT2D eigenvalue weighted by Crippen LogP contribution is -2.48. The Kier molecular flexibility index (Phi) is 4.94. The second-order valence-electron chi connectivity index (χ2n) is 6.47. The van der Waals surface area contributed by atoms with Crippen LogP contribution in [0.2, 0.25) is 0 Å². The summed E-state index contributed by atoms with van der Waals surface area (Å²) in [5, 5.41) is 2.79. The third-order valence-corrected chi connectivity index (χ3v) is 6.39. The molecule has 1 unspecified atom stereocenters. The van der Waals surface area contributed by atoms with Crippen LogP contribution in [0.25, 0.3) is 0 Å². The molecule has 9 heteroatoms. The number of hydrogen-bond acceptors (Lipinski definition) is 6. The Morgan fingerprint density at radius 1 is 1.24 bits per heavy atom. The van der Waals surface area contributed by atoms with Crippen LogP contribution in [0, 0.1) is 0 Å². The minimum absolute atomic E-state index is 0.00366. The summed E-state index contributed by atoms with van der Waals surface area (Å²) in [5.41, 5.74) is 0.461. The van der Waals surface area contributed by atoms with Crippen molar-refractivity contribution in [3.05, 3.63) is 23.9 Å². The topological polar surface area (TPSA) is 99.7 Å². The molecule has 2 fully saturated rings. The number of hydrogen-bond donors (Lipinski definition) is 1. The van der Waals surface area contributed by atoms with Gasteiger partial charge < -0.3 is 15.1 Å². The van der Waals surface area contributed by atoms with Crippen LogP contribution < -0.4 is 10.2 Å². The molecule has 1 aromatic heterocycles. The number of piperazine rings is 1. The average Bonchev–Trinajstić information content (AvgIpc) is 2.93. The van der Waals surface area contributed by atoms with Gasteiger partial charge in [0.05, 0.1) is 11.5 Å². The standard InChI is InChI=1S/C16H22N4O4S/c1-12(21)19-5-7-20(8-6-19)15-10-13(2-4-17-15)16(22)18-14-3-9-25(23,24)11-14/h2,4,10,14H,3,5-9,11H2,1H3,(H,18,22). The normalized spacial score (nSPS) is 22.7. The van der Waals surface area contributed by atoms with Gasteiger partial charge in [-0.05, 0) is 18.6 Å². The SMILES string of the molecule is CC(=O)N1CCN(c2cc(C(=O)NC3CCS(=O)(=O)C3)ccn2)CC1. The van der Waals surface area contributed by atoms with Gasteiger partial charge in [0.25, 0.3) is 5.91 Å². The van der Waals surface area contributed by atoms with Crippen molar-refractivity contribution in [1.82, 2.24) is 15.2 Å². The zero-order valence-corrected chi connectivity index (χ0v) is 15.0. The zero-order valence-electron chi connectivity index (χ0n) is 14.1. The summed E-state index contributed by atoms with van der Waals surface area (Å²) in [7, 11) is -3.03. The van der Waals surface area contributed by atoms with E-state index < -0.39 is 9.84 Å². The molecule has 1 aromatic rings. The molecule has 0 spiro atoms. The molecule has 136 valence electrons. The van der Waals surface area contributed by atoms with E-state index in [0.717, 1.165) is 0 Å². The van der Waals surface area contributed by atoms with Crippen LogP contribution >= 0.6 is 0 Å². The second kappa shape index (κ2) is 6.99. The Hall–Kier alpha value is -2.16. The molecular formula is C16H22N4O4S. The first kappa shape index (κ1) is 17.7. The highest BCUT2D eigenvalue weighted by atomic mass is 32.2. The van der Waals surface area contributed by atoms with Crippen LogP contribution in [0.1, 0.15) is 23.7 Å². The van der Waals surface area contributed by atoms with Crippen molar-refractivity contribution in [3.63, 3.8) is 0 Å². The lowest BCUT2D eigenvalue weighted by atomic mass is 10.2. The lowest BCUT2D eigenvalue weighted by molar-refractivity contribution is -0.129. The summed E-state index contributed by atoms with van der Waals surface area (Å²) in [5.74, 6) is 0.596. The Balaban J connectivity index is 1.63. The molecule has 2 aliphatic heterocycles. The minimum atomic E-state index is -3.03. The predicted molar refractivity (Wildman–Crippen MR) is 93.2 cm³/mol. The van der Waals surface area contributed by atoms with E-state index in [9.17, 15) is 18.0 Å². The van der Waals surface area contributed by atoms with Gasteiger partial charge in [-0.3, -0.25) is 9.59 Å². The molecule has 0 radical (unpaired) electrons. The fourth-order valence-corrected chi connectivity index (χ4v) is 4.83. The molecule has 2 saturated heterocycles. The van der Waals surface area contributed by atoms with E-state index in [-0.39, 0.29) is 29.4 Å². The van der Waals surface area contributed by atoms with E-state index in [1.807, 2.05) is 4.90 Å². The van der Waals surface area contributed by atoms with Crippen molar-refractivity contribution in [2.45, 2.75) is 19.4 Å². The van der Waals surface area contributed by atoms with Gasteiger partial charge in [-0.25, -0.2) is 13.4 Å². The fourth-order valence-electron chi connectivity index (χ4n) is 3.16. The zero-order chi connectivity index (χ0) is 18.0. The molecule has 0 saturated carbocycles. The van der Waals surface area contributed by atoms with Gasteiger partial charge in [-0.1, -0.05) is 0 Å². The molecule has 25 heavy (non-hydrogen) atoms.